The summed E-state index contributed by atoms with van der Waals surface area (Å²) < 4.78 is 2.22. The van der Waals surface area contributed by atoms with Crippen LogP contribution in [0.2, 0.25) is 0 Å². The molecular weight excluding hydrogens is 192 g/mol. The van der Waals surface area contributed by atoms with E-state index in [-0.39, 0.29) is 6.42 Å². The number of nitrogens with zero attached hydrogens (tertiary/aromatic N) is 2. The summed E-state index contributed by atoms with van der Waals surface area (Å²) >= 11 is 0. The first-order valence-corrected chi connectivity index (χ1v) is 5.42. The van der Waals surface area contributed by atoms with E-state index in [1.807, 2.05) is 13.1 Å². The van der Waals surface area contributed by atoms with Crippen molar-refractivity contribution in [2.45, 2.75) is 45.1 Å². The molecule has 0 bridgehead atoms. The van der Waals surface area contributed by atoms with E-state index in [1.165, 1.54) is 5.69 Å². The highest BCUT2D eigenvalue weighted by molar-refractivity contribution is 5.66. The van der Waals surface area contributed by atoms with Crippen LogP contribution >= 0.6 is 0 Å². The molecule has 0 amide bonds. The highest BCUT2D eigenvalue weighted by Crippen LogP contribution is 2.31. The van der Waals surface area contributed by atoms with Crippen LogP contribution < -0.4 is 0 Å². The zero-order valence-corrected chi connectivity index (χ0v) is 8.94. The van der Waals surface area contributed by atoms with Crippen LogP contribution in [0.4, 0.5) is 0 Å². The lowest BCUT2D eigenvalue weighted by atomic mass is 9.92. The van der Waals surface area contributed by atoms with Gasteiger partial charge in [0.05, 0.1) is 0 Å². The Bertz CT molecular complexity index is 371. The summed E-state index contributed by atoms with van der Waals surface area (Å²) in [6, 6.07) is 0. The number of aryl methyl sites for hydroxylation is 1. The maximum atomic E-state index is 10.5. The Hall–Kier alpha value is -1.32. The van der Waals surface area contributed by atoms with Crippen LogP contribution in [0.25, 0.3) is 0 Å². The van der Waals surface area contributed by atoms with Gasteiger partial charge in [-0.3, -0.25) is 4.79 Å². The van der Waals surface area contributed by atoms with E-state index >= 15 is 0 Å². The molecule has 1 atom stereocenters. The number of carbonyl (C=O) groups is 1. The molecule has 1 N–H and O–H groups in total. The van der Waals surface area contributed by atoms with E-state index in [0.29, 0.717) is 5.92 Å². The van der Waals surface area contributed by atoms with Crippen molar-refractivity contribution in [3.63, 3.8) is 0 Å². The zero-order chi connectivity index (χ0) is 10.8. The molecule has 0 spiro atoms. The van der Waals surface area contributed by atoms with Crippen molar-refractivity contribution in [1.29, 1.82) is 0 Å². The van der Waals surface area contributed by atoms with E-state index in [1.54, 1.807) is 0 Å². The van der Waals surface area contributed by atoms with Crippen molar-refractivity contribution in [2.75, 3.05) is 0 Å². The standard InChI is InChI=1S/C11H16N2O2/c1-8-12-7-10-9(4-5-11(14)15)3-2-6-13(8)10/h7,9H,2-6H2,1H3,(H,14,15). The summed E-state index contributed by atoms with van der Waals surface area (Å²) in [6.45, 7) is 3.04. The SMILES string of the molecule is Cc1ncc2n1CCCC2CCC(=O)O. The van der Waals surface area contributed by atoms with Gasteiger partial charge in [-0.25, -0.2) is 4.98 Å². The van der Waals surface area contributed by atoms with Crippen molar-refractivity contribution in [3.05, 3.63) is 17.7 Å². The Balaban J connectivity index is 2.12. The Morgan fingerprint density at radius 3 is 3.27 bits per heavy atom. The molecule has 15 heavy (non-hydrogen) atoms. The molecule has 1 aromatic rings. The molecule has 0 saturated carbocycles. The van der Waals surface area contributed by atoms with Gasteiger partial charge in [0, 0.05) is 30.8 Å². The maximum absolute atomic E-state index is 10.5. The molecule has 0 fully saturated rings. The second-order valence-electron chi connectivity index (χ2n) is 4.15. The van der Waals surface area contributed by atoms with E-state index in [0.717, 1.165) is 31.6 Å². The number of rotatable bonds is 3. The third-order valence-corrected chi connectivity index (χ3v) is 3.15. The fraction of sp³-hybridized carbons (Fsp3) is 0.636. The summed E-state index contributed by atoms with van der Waals surface area (Å²) in [5, 5.41) is 8.67. The van der Waals surface area contributed by atoms with Gasteiger partial charge in [-0.15, -0.1) is 0 Å². The van der Waals surface area contributed by atoms with Gasteiger partial charge >= 0.3 is 5.97 Å². The summed E-state index contributed by atoms with van der Waals surface area (Å²) in [7, 11) is 0. The van der Waals surface area contributed by atoms with Crippen LogP contribution in [0.15, 0.2) is 6.20 Å². The van der Waals surface area contributed by atoms with Gasteiger partial charge in [0.25, 0.3) is 0 Å². The van der Waals surface area contributed by atoms with Gasteiger partial charge in [0.15, 0.2) is 0 Å². The van der Waals surface area contributed by atoms with Crippen LogP contribution in [0.5, 0.6) is 0 Å². The Morgan fingerprint density at radius 1 is 1.73 bits per heavy atom. The lowest BCUT2D eigenvalue weighted by Crippen LogP contribution is -2.16. The molecule has 1 aliphatic rings. The van der Waals surface area contributed by atoms with Gasteiger partial charge in [-0.05, 0) is 26.2 Å². The van der Waals surface area contributed by atoms with E-state index in [2.05, 4.69) is 9.55 Å². The molecule has 1 unspecified atom stereocenters. The Morgan fingerprint density at radius 2 is 2.53 bits per heavy atom. The van der Waals surface area contributed by atoms with Crippen molar-refractivity contribution >= 4 is 5.97 Å². The monoisotopic (exact) mass is 208 g/mol. The smallest absolute Gasteiger partial charge is 0.303 e. The van der Waals surface area contributed by atoms with Crippen LogP contribution in [-0.4, -0.2) is 20.6 Å². The maximum Gasteiger partial charge on any atom is 0.303 e. The van der Waals surface area contributed by atoms with E-state index in [4.69, 9.17) is 5.11 Å². The van der Waals surface area contributed by atoms with Crippen LogP contribution in [0.3, 0.4) is 0 Å². The third kappa shape index (κ3) is 2.03. The number of carboxylic acids is 1. The van der Waals surface area contributed by atoms with Crippen molar-refractivity contribution < 1.29 is 9.90 Å². The molecular formula is C11H16N2O2. The molecule has 0 saturated heterocycles. The molecule has 1 aromatic heterocycles. The molecule has 82 valence electrons. The normalized spacial score (nSPS) is 19.9. The van der Waals surface area contributed by atoms with Gasteiger partial charge in [-0.1, -0.05) is 0 Å². The van der Waals surface area contributed by atoms with Gasteiger partial charge in [0.2, 0.25) is 0 Å². The molecule has 2 heterocycles. The van der Waals surface area contributed by atoms with Crippen molar-refractivity contribution in [2.24, 2.45) is 0 Å². The first-order chi connectivity index (χ1) is 7.18. The van der Waals surface area contributed by atoms with Gasteiger partial charge < -0.3 is 9.67 Å². The quantitative estimate of drug-likeness (QED) is 0.825. The van der Waals surface area contributed by atoms with Crippen LogP contribution in [-0.2, 0) is 11.3 Å². The van der Waals surface area contributed by atoms with Crippen LogP contribution in [0, 0.1) is 6.92 Å². The van der Waals surface area contributed by atoms with Gasteiger partial charge in [0.1, 0.15) is 5.82 Å². The predicted octanol–water partition coefficient (Wildman–Crippen LogP) is 1.93. The van der Waals surface area contributed by atoms with Gasteiger partial charge in [-0.2, -0.15) is 0 Å². The molecule has 4 nitrogen and oxygen atoms in total. The highest BCUT2D eigenvalue weighted by atomic mass is 16.4. The van der Waals surface area contributed by atoms with E-state index in [9.17, 15) is 4.79 Å². The fourth-order valence-corrected chi connectivity index (χ4v) is 2.34. The predicted molar refractivity (Wildman–Crippen MR) is 55.8 cm³/mol. The summed E-state index contributed by atoms with van der Waals surface area (Å²) in [6.07, 6.45) is 5.13. The average Bonchev–Trinajstić information content (AvgIpc) is 2.58. The molecule has 1 aliphatic heterocycles. The number of hydrogen-bond donors (Lipinski definition) is 1. The number of imidazole rings is 1. The first-order valence-electron chi connectivity index (χ1n) is 5.42. The minimum atomic E-state index is -0.705. The summed E-state index contributed by atoms with van der Waals surface area (Å²) in [5.41, 5.74) is 1.22. The lowest BCUT2D eigenvalue weighted by Gasteiger charge is -2.24. The summed E-state index contributed by atoms with van der Waals surface area (Å²) in [4.78, 5) is 14.8. The second kappa shape index (κ2) is 4.04. The minimum absolute atomic E-state index is 0.259. The highest BCUT2D eigenvalue weighted by Gasteiger charge is 2.22. The molecule has 0 aromatic carbocycles. The number of carboxylic acid groups (broad SMARTS) is 1. The number of aromatic nitrogens is 2. The molecule has 0 aliphatic carbocycles. The molecule has 4 heteroatoms. The topological polar surface area (TPSA) is 55.1 Å². The van der Waals surface area contributed by atoms with Crippen molar-refractivity contribution in [3.8, 4) is 0 Å². The second-order valence-corrected chi connectivity index (χ2v) is 4.15. The average molecular weight is 208 g/mol. The third-order valence-electron chi connectivity index (χ3n) is 3.15. The van der Waals surface area contributed by atoms with Crippen molar-refractivity contribution in [1.82, 2.24) is 9.55 Å². The minimum Gasteiger partial charge on any atom is -0.481 e. The lowest BCUT2D eigenvalue weighted by molar-refractivity contribution is -0.137. The zero-order valence-electron chi connectivity index (χ0n) is 8.94. The number of hydrogen-bond acceptors (Lipinski definition) is 2. The molecule has 0 radical (unpaired) electrons. The van der Waals surface area contributed by atoms with Crippen LogP contribution in [0.1, 0.15) is 43.1 Å². The number of fused-ring (bicyclic) bond motifs is 1. The number of aliphatic carboxylic acids is 1. The fourth-order valence-electron chi connectivity index (χ4n) is 2.34. The Kier molecular flexibility index (Phi) is 2.75. The Labute approximate surface area is 88.9 Å². The van der Waals surface area contributed by atoms with E-state index < -0.39 is 5.97 Å². The largest absolute Gasteiger partial charge is 0.481 e. The first kappa shape index (κ1) is 10.2. The molecule has 2 rings (SSSR count). The summed E-state index contributed by atoms with van der Waals surface area (Å²) in [5.74, 6) is 0.726.